The number of nitrogens with zero attached hydrogens (tertiary/aromatic N) is 1. The Bertz CT molecular complexity index is 637. The fourth-order valence-electron chi connectivity index (χ4n) is 2.56. The smallest absolute Gasteiger partial charge is 0.244 e. The standard InChI is InChI=1S/C14H21N3O3S/c1-10-3-4-11(2)13(7-10)21(19,20)17(9-14(15)18)12-5-6-16-8-12/h3-4,7,12,16H,5-6,8-9H2,1-2H3,(H2,15,18). The molecular weight excluding hydrogens is 290 g/mol. The number of amides is 1. The van der Waals surface area contributed by atoms with Crippen LogP contribution >= 0.6 is 0 Å². The van der Waals surface area contributed by atoms with E-state index < -0.39 is 15.9 Å². The van der Waals surface area contributed by atoms with E-state index in [1.807, 2.05) is 13.0 Å². The van der Waals surface area contributed by atoms with Gasteiger partial charge in [-0.05, 0) is 44.0 Å². The molecule has 0 aromatic heterocycles. The van der Waals surface area contributed by atoms with Crippen LogP contribution in [0.2, 0.25) is 0 Å². The van der Waals surface area contributed by atoms with Gasteiger partial charge in [0.05, 0.1) is 11.4 Å². The molecule has 1 unspecified atom stereocenters. The van der Waals surface area contributed by atoms with Crippen molar-refractivity contribution in [1.82, 2.24) is 9.62 Å². The first-order chi connectivity index (χ1) is 9.82. The lowest BCUT2D eigenvalue weighted by atomic mass is 10.2. The third-order valence-corrected chi connectivity index (χ3v) is 5.72. The summed E-state index contributed by atoms with van der Waals surface area (Å²) in [6.07, 6.45) is 0.678. The van der Waals surface area contributed by atoms with Crippen LogP contribution in [-0.4, -0.2) is 44.3 Å². The average molecular weight is 311 g/mol. The van der Waals surface area contributed by atoms with Crippen LogP contribution in [0.25, 0.3) is 0 Å². The second-order valence-corrected chi connectivity index (χ2v) is 7.29. The van der Waals surface area contributed by atoms with Gasteiger partial charge in [-0.3, -0.25) is 4.79 Å². The minimum Gasteiger partial charge on any atom is -0.369 e. The van der Waals surface area contributed by atoms with E-state index in [-0.39, 0.29) is 17.5 Å². The summed E-state index contributed by atoms with van der Waals surface area (Å²) in [7, 11) is -3.74. The number of carbonyl (C=O) groups is 1. The van der Waals surface area contributed by atoms with E-state index in [0.29, 0.717) is 18.5 Å². The highest BCUT2D eigenvalue weighted by atomic mass is 32.2. The molecule has 7 heteroatoms. The Morgan fingerprint density at radius 1 is 1.43 bits per heavy atom. The van der Waals surface area contributed by atoms with Crippen molar-refractivity contribution in [2.24, 2.45) is 5.73 Å². The van der Waals surface area contributed by atoms with Gasteiger partial charge in [-0.15, -0.1) is 0 Å². The number of sulfonamides is 1. The monoisotopic (exact) mass is 311 g/mol. The SMILES string of the molecule is Cc1ccc(C)c(S(=O)(=O)N(CC(N)=O)C2CCNC2)c1. The second-order valence-electron chi connectivity index (χ2n) is 5.43. The van der Waals surface area contributed by atoms with Crippen LogP contribution < -0.4 is 11.1 Å². The van der Waals surface area contributed by atoms with E-state index in [2.05, 4.69) is 5.32 Å². The van der Waals surface area contributed by atoms with Gasteiger partial charge in [0.15, 0.2) is 0 Å². The minimum atomic E-state index is -3.74. The summed E-state index contributed by atoms with van der Waals surface area (Å²) in [6, 6.07) is 5.05. The van der Waals surface area contributed by atoms with Crippen molar-refractivity contribution in [3.63, 3.8) is 0 Å². The van der Waals surface area contributed by atoms with Gasteiger partial charge in [-0.1, -0.05) is 12.1 Å². The Kier molecular flexibility index (Phi) is 4.65. The van der Waals surface area contributed by atoms with Gasteiger partial charge in [0.1, 0.15) is 0 Å². The lowest BCUT2D eigenvalue weighted by molar-refractivity contribution is -0.118. The number of aryl methyl sites for hydroxylation is 2. The van der Waals surface area contributed by atoms with Crippen molar-refractivity contribution >= 4 is 15.9 Å². The van der Waals surface area contributed by atoms with Crippen molar-refractivity contribution in [3.05, 3.63) is 29.3 Å². The van der Waals surface area contributed by atoms with Crippen molar-refractivity contribution in [2.45, 2.75) is 31.2 Å². The first-order valence-electron chi connectivity index (χ1n) is 6.90. The molecule has 1 atom stereocenters. The largest absolute Gasteiger partial charge is 0.369 e. The molecule has 0 radical (unpaired) electrons. The highest BCUT2D eigenvalue weighted by Crippen LogP contribution is 2.24. The predicted molar refractivity (Wildman–Crippen MR) is 80.3 cm³/mol. The molecule has 1 fully saturated rings. The maximum Gasteiger partial charge on any atom is 0.244 e. The summed E-state index contributed by atoms with van der Waals surface area (Å²) in [5.41, 5.74) is 6.77. The van der Waals surface area contributed by atoms with E-state index in [4.69, 9.17) is 5.73 Å². The molecule has 1 heterocycles. The summed E-state index contributed by atoms with van der Waals surface area (Å²) >= 11 is 0. The Hall–Kier alpha value is -1.44. The number of nitrogens with one attached hydrogen (secondary N) is 1. The van der Waals surface area contributed by atoms with E-state index in [1.165, 1.54) is 4.31 Å². The molecule has 6 nitrogen and oxygen atoms in total. The normalized spacial score (nSPS) is 19.1. The maximum absolute atomic E-state index is 12.9. The quantitative estimate of drug-likeness (QED) is 0.809. The Morgan fingerprint density at radius 3 is 2.71 bits per heavy atom. The van der Waals surface area contributed by atoms with Gasteiger partial charge in [-0.2, -0.15) is 4.31 Å². The molecule has 1 aromatic rings. The number of carbonyl (C=O) groups excluding carboxylic acids is 1. The molecular formula is C14H21N3O3S. The summed E-state index contributed by atoms with van der Waals surface area (Å²) in [4.78, 5) is 11.5. The van der Waals surface area contributed by atoms with Crippen LogP contribution in [-0.2, 0) is 14.8 Å². The van der Waals surface area contributed by atoms with E-state index in [0.717, 1.165) is 12.1 Å². The van der Waals surface area contributed by atoms with Crippen LogP contribution in [0.4, 0.5) is 0 Å². The first kappa shape index (κ1) is 15.9. The van der Waals surface area contributed by atoms with Crippen LogP contribution in [0.1, 0.15) is 17.5 Å². The molecule has 1 saturated heterocycles. The number of primary amides is 1. The van der Waals surface area contributed by atoms with Crippen molar-refractivity contribution in [1.29, 1.82) is 0 Å². The Labute approximate surface area is 125 Å². The number of benzene rings is 1. The molecule has 2 rings (SSSR count). The van der Waals surface area contributed by atoms with E-state index in [9.17, 15) is 13.2 Å². The molecule has 1 aromatic carbocycles. The molecule has 1 aliphatic heterocycles. The van der Waals surface area contributed by atoms with Crippen LogP contribution in [0, 0.1) is 13.8 Å². The predicted octanol–water partition coefficient (Wildman–Crippen LogP) is 0.141. The fourth-order valence-corrected chi connectivity index (χ4v) is 4.49. The first-order valence-corrected chi connectivity index (χ1v) is 8.34. The zero-order valence-corrected chi connectivity index (χ0v) is 13.1. The molecule has 0 spiro atoms. The number of nitrogens with two attached hydrogens (primary N) is 1. The second kappa shape index (κ2) is 6.13. The van der Waals surface area contributed by atoms with Gasteiger partial charge in [0.2, 0.25) is 15.9 Å². The molecule has 21 heavy (non-hydrogen) atoms. The van der Waals surface area contributed by atoms with Crippen molar-refractivity contribution in [3.8, 4) is 0 Å². The topological polar surface area (TPSA) is 92.5 Å². The lowest BCUT2D eigenvalue weighted by Gasteiger charge is -2.27. The number of hydrogen-bond donors (Lipinski definition) is 2. The van der Waals surface area contributed by atoms with E-state index >= 15 is 0 Å². The van der Waals surface area contributed by atoms with Crippen molar-refractivity contribution in [2.75, 3.05) is 19.6 Å². The van der Waals surface area contributed by atoms with Gasteiger partial charge < -0.3 is 11.1 Å². The van der Waals surface area contributed by atoms with Crippen molar-refractivity contribution < 1.29 is 13.2 Å². The fraction of sp³-hybridized carbons (Fsp3) is 0.500. The molecule has 1 aliphatic rings. The molecule has 0 aliphatic carbocycles. The highest BCUT2D eigenvalue weighted by molar-refractivity contribution is 7.89. The number of rotatable bonds is 5. The summed E-state index contributed by atoms with van der Waals surface area (Å²) < 4.78 is 27.1. The van der Waals surface area contributed by atoms with Gasteiger partial charge in [0, 0.05) is 12.6 Å². The molecule has 116 valence electrons. The third kappa shape index (κ3) is 3.42. The van der Waals surface area contributed by atoms with Crippen LogP contribution in [0.5, 0.6) is 0 Å². The van der Waals surface area contributed by atoms with Crippen LogP contribution in [0.15, 0.2) is 23.1 Å². The zero-order chi connectivity index (χ0) is 15.6. The molecule has 0 saturated carbocycles. The van der Waals surface area contributed by atoms with Gasteiger partial charge >= 0.3 is 0 Å². The van der Waals surface area contributed by atoms with Crippen LogP contribution in [0.3, 0.4) is 0 Å². The van der Waals surface area contributed by atoms with Gasteiger partial charge in [0.25, 0.3) is 0 Å². The summed E-state index contributed by atoms with van der Waals surface area (Å²) in [5, 5.41) is 3.12. The Balaban J connectivity index is 2.45. The minimum absolute atomic E-state index is 0.234. The van der Waals surface area contributed by atoms with E-state index in [1.54, 1.807) is 19.1 Å². The Morgan fingerprint density at radius 2 is 2.14 bits per heavy atom. The molecule has 3 N–H and O–H groups in total. The maximum atomic E-state index is 12.9. The zero-order valence-electron chi connectivity index (χ0n) is 12.3. The average Bonchev–Trinajstić information content (AvgIpc) is 2.92. The highest BCUT2D eigenvalue weighted by Gasteiger charge is 2.35. The van der Waals surface area contributed by atoms with Gasteiger partial charge in [-0.25, -0.2) is 8.42 Å². The molecule has 0 bridgehead atoms. The number of hydrogen-bond acceptors (Lipinski definition) is 4. The lowest BCUT2D eigenvalue weighted by Crippen LogP contribution is -2.46. The summed E-state index contributed by atoms with van der Waals surface area (Å²) in [5.74, 6) is -0.643. The molecule has 1 amide bonds. The summed E-state index contributed by atoms with van der Waals surface area (Å²) in [6.45, 7) is 4.58. The third-order valence-electron chi connectivity index (χ3n) is 3.68.